The summed E-state index contributed by atoms with van der Waals surface area (Å²) in [5.74, 6) is -0.195. The molecule has 0 spiro atoms. The number of aromatic amines is 1. The third kappa shape index (κ3) is 3.64. The zero-order valence-corrected chi connectivity index (χ0v) is 14.6. The lowest BCUT2D eigenvalue weighted by molar-refractivity contribution is 0.0924. The van der Waals surface area contributed by atoms with Crippen molar-refractivity contribution in [2.45, 2.75) is 19.8 Å². The highest BCUT2D eigenvalue weighted by Gasteiger charge is 2.27. The minimum absolute atomic E-state index is 0.110. The van der Waals surface area contributed by atoms with Gasteiger partial charge in [-0.2, -0.15) is 0 Å². The smallest absolute Gasteiger partial charge is 0.252 e. The maximum absolute atomic E-state index is 12.6. The van der Waals surface area contributed by atoms with Gasteiger partial charge in [0.15, 0.2) is 0 Å². The number of hydrogen-bond donors (Lipinski definition) is 3. The highest BCUT2D eigenvalue weighted by molar-refractivity contribution is 9.10. The molecule has 1 amide bonds. The van der Waals surface area contributed by atoms with Crippen molar-refractivity contribution in [3.63, 3.8) is 0 Å². The minimum atomic E-state index is -0.266. The molecule has 3 rings (SSSR count). The van der Waals surface area contributed by atoms with Crippen LogP contribution < -0.4 is 16.2 Å². The summed E-state index contributed by atoms with van der Waals surface area (Å²) in [4.78, 5) is 27.2. The fourth-order valence-corrected chi connectivity index (χ4v) is 3.37. The van der Waals surface area contributed by atoms with Crippen molar-refractivity contribution < 1.29 is 4.79 Å². The number of pyridine rings is 1. The maximum atomic E-state index is 12.6. The Morgan fingerprint density at radius 2 is 2.04 bits per heavy atom. The molecule has 0 unspecified atom stereocenters. The molecule has 2 aromatic rings. The molecular formula is C17H20BrN3O2. The van der Waals surface area contributed by atoms with Crippen LogP contribution in [0.3, 0.4) is 0 Å². The molecule has 0 aliphatic carbocycles. The summed E-state index contributed by atoms with van der Waals surface area (Å²) in [6, 6.07) is 6.86. The highest BCUT2D eigenvalue weighted by Crippen LogP contribution is 2.27. The Morgan fingerprint density at radius 3 is 2.78 bits per heavy atom. The van der Waals surface area contributed by atoms with Crippen LogP contribution in [0.4, 0.5) is 0 Å². The molecule has 6 heteroatoms. The molecule has 0 atom stereocenters. The lowest BCUT2D eigenvalue weighted by atomic mass is 9.81. The number of benzene rings is 1. The number of rotatable bonds is 3. The van der Waals surface area contributed by atoms with E-state index in [0.29, 0.717) is 17.6 Å². The predicted octanol–water partition coefficient (Wildman–Crippen LogP) is 2.41. The number of amides is 1. The van der Waals surface area contributed by atoms with Crippen molar-refractivity contribution in [2.75, 3.05) is 19.6 Å². The number of H-pyrrole nitrogens is 1. The lowest BCUT2D eigenvalue weighted by Crippen LogP contribution is -2.43. The summed E-state index contributed by atoms with van der Waals surface area (Å²) in [6.07, 6.45) is 2.07. The average molecular weight is 378 g/mol. The van der Waals surface area contributed by atoms with Crippen LogP contribution in [-0.4, -0.2) is 30.5 Å². The van der Waals surface area contributed by atoms with Gasteiger partial charge in [0.1, 0.15) is 0 Å². The number of fused-ring (bicyclic) bond motifs is 1. The third-order valence-corrected chi connectivity index (χ3v) is 5.03. The van der Waals surface area contributed by atoms with Gasteiger partial charge in [-0.25, -0.2) is 0 Å². The molecule has 1 aliphatic heterocycles. The number of carbonyl (C=O) groups excluding carboxylic acids is 1. The zero-order chi connectivity index (χ0) is 16.4. The van der Waals surface area contributed by atoms with Gasteiger partial charge in [-0.1, -0.05) is 22.9 Å². The monoisotopic (exact) mass is 377 g/mol. The Kier molecular flexibility index (Phi) is 4.55. The summed E-state index contributed by atoms with van der Waals surface area (Å²) in [6.45, 7) is 4.77. The first-order valence-corrected chi connectivity index (χ1v) is 8.58. The molecule has 1 aliphatic rings. The molecule has 0 bridgehead atoms. The quantitative estimate of drug-likeness (QED) is 0.768. The Hall–Kier alpha value is -1.66. The SMILES string of the molecule is CC1(CNC(=O)c2cc(=O)[nH]c3ccc(Br)cc23)CCNCC1. The summed E-state index contributed by atoms with van der Waals surface area (Å²) in [7, 11) is 0. The van der Waals surface area contributed by atoms with E-state index in [2.05, 4.69) is 38.5 Å². The molecule has 1 saturated heterocycles. The predicted molar refractivity (Wildman–Crippen MR) is 94.8 cm³/mol. The van der Waals surface area contributed by atoms with E-state index in [9.17, 15) is 9.59 Å². The fourth-order valence-electron chi connectivity index (χ4n) is 3.01. The van der Waals surface area contributed by atoms with Gasteiger partial charge in [0.2, 0.25) is 5.56 Å². The molecule has 0 radical (unpaired) electrons. The van der Waals surface area contributed by atoms with Crippen molar-refractivity contribution in [3.05, 3.63) is 44.7 Å². The van der Waals surface area contributed by atoms with Gasteiger partial charge in [-0.05, 0) is 49.5 Å². The van der Waals surface area contributed by atoms with Gasteiger partial charge in [0, 0.05) is 28.0 Å². The standard InChI is InChI=1S/C17H20BrN3O2/c1-17(4-6-19-7-5-17)10-20-16(23)13-9-15(22)21-14-3-2-11(18)8-12(13)14/h2-3,8-9,19H,4-7,10H2,1H3,(H,20,23)(H,21,22). The first kappa shape index (κ1) is 16.2. The minimum Gasteiger partial charge on any atom is -0.351 e. The van der Waals surface area contributed by atoms with E-state index in [-0.39, 0.29) is 16.9 Å². The molecule has 1 aromatic heterocycles. The van der Waals surface area contributed by atoms with Crippen LogP contribution in [0.2, 0.25) is 0 Å². The van der Waals surface area contributed by atoms with Gasteiger partial charge < -0.3 is 15.6 Å². The summed E-state index contributed by atoms with van der Waals surface area (Å²) >= 11 is 3.41. The zero-order valence-electron chi connectivity index (χ0n) is 13.0. The normalized spacial score (nSPS) is 17.1. The Morgan fingerprint density at radius 1 is 1.30 bits per heavy atom. The van der Waals surface area contributed by atoms with Crippen molar-refractivity contribution >= 4 is 32.7 Å². The second-order valence-corrected chi connectivity index (χ2v) is 7.40. The van der Waals surface area contributed by atoms with Crippen molar-refractivity contribution in [2.24, 2.45) is 5.41 Å². The number of hydrogen-bond acceptors (Lipinski definition) is 3. The van der Waals surface area contributed by atoms with E-state index >= 15 is 0 Å². The summed E-state index contributed by atoms with van der Waals surface area (Å²) in [5.41, 5.74) is 0.929. The van der Waals surface area contributed by atoms with Crippen molar-refractivity contribution in [3.8, 4) is 0 Å². The van der Waals surface area contributed by atoms with E-state index in [1.54, 1.807) is 6.07 Å². The third-order valence-electron chi connectivity index (χ3n) is 4.54. The maximum Gasteiger partial charge on any atom is 0.252 e. The van der Waals surface area contributed by atoms with Gasteiger partial charge in [-0.3, -0.25) is 9.59 Å². The molecule has 1 fully saturated rings. The van der Waals surface area contributed by atoms with Gasteiger partial charge in [-0.15, -0.1) is 0 Å². The summed E-state index contributed by atoms with van der Waals surface area (Å²) in [5, 5.41) is 7.09. The fraction of sp³-hybridized carbons (Fsp3) is 0.412. The molecule has 1 aromatic carbocycles. The lowest BCUT2D eigenvalue weighted by Gasteiger charge is -2.34. The van der Waals surface area contributed by atoms with E-state index < -0.39 is 0 Å². The second-order valence-electron chi connectivity index (χ2n) is 6.48. The summed E-state index contributed by atoms with van der Waals surface area (Å²) < 4.78 is 0.872. The molecule has 5 nitrogen and oxygen atoms in total. The molecule has 122 valence electrons. The van der Waals surface area contributed by atoms with Crippen LogP contribution in [0.1, 0.15) is 30.1 Å². The number of nitrogens with one attached hydrogen (secondary N) is 3. The van der Waals surface area contributed by atoms with Crippen LogP contribution in [0.25, 0.3) is 10.9 Å². The molecule has 2 heterocycles. The van der Waals surface area contributed by atoms with Gasteiger partial charge in [0.25, 0.3) is 5.91 Å². The number of halogens is 1. The largest absolute Gasteiger partial charge is 0.351 e. The van der Waals surface area contributed by atoms with E-state index in [1.807, 2.05) is 12.1 Å². The first-order valence-electron chi connectivity index (χ1n) is 7.78. The van der Waals surface area contributed by atoms with E-state index in [4.69, 9.17) is 0 Å². The van der Waals surface area contributed by atoms with Crippen LogP contribution >= 0.6 is 15.9 Å². The van der Waals surface area contributed by atoms with Crippen LogP contribution in [-0.2, 0) is 0 Å². The van der Waals surface area contributed by atoms with Gasteiger partial charge >= 0.3 is 0 Å². The van der Waals surface area contributed by atoms with Crippen LogP contribution in [0.5, 0.6) is 0 Å². The Labute approximate surface area is 143 Å². The van der Waals surface area contributed by atoms with Gasteiger partial charge in [0.05, 0.1) is 5.56 Å². The number of carbonyl (C=O) groups is 1. The van der Waals surface area contributed by atoms with Crippen LogP contribution in [0, 0.1) is 5.41 Å². The Bertz CT molecular complexity index is 794. The Balaban J connectivity index is 1.85. The van der Waals surface area contributed by atoms with Crippen molar-refractivity contribution in [1.82, 2.24) is 15.6 Å². The number of piperidine rings is 1. The molecular weight excluding hydrogens is 358 g/mol. The number of aromatic nitrogens is 1. The van der Waals surface area contributed by atoms with E-state index in [0.717, 1.165) is 35.8 Å². The molecule has 0 saturated carbocycles. The van der Waals surface area contributed by atoms with Crippen molar-refractivity contribution in [1.29, 1.82) is 0 Å². The van der Waals surface area contributed by atoms with E-state index in [1.165, 1.54) is 6.07 Å². The topological polar surface area (TPSA) is 74.0 Å². The highest BCUT2D eigenvalue weighted by atomic mass is 79.9. The average Bonchev–Trinajstić information content (AvgIpc) is 2.53. The first-order chi connectivity index (χ1) is 11.0. The second kappa shape index (κ2) is 6.45. The molecule has 23 heavy (non-hydrogen) atoms. The van der Waals surface area contributed by atoms with Crippen LogP contribution in [0.15, 0.2) is 33.5 Å². The molecule has 3 N–H and O–H groups in total.